The fraction of sp³-hybridized carbons (Fsp3) is 0.700. The first-order valence-electron chi connectivity index (χ1n) is 9.73. The Morgan fingerprint density at radius 2 is 1.96 bits per heavy atom. The molecule has 0 spiro atoms. The smallest absolute Gasteiger partial charge is 0.225 e. The van der Waals surface area contributed by atoms with Crippen molar-refractivity contribution in [3.63, 3.8) is 0 Å². The number of carbonyl (C=O) groups is 2. The Morgan fingerprint density at radius 3 is 2.59 bits per heavy atom. The van der Waals surface area contributed by atoms with Crippen LogP contribution >= 0.6 is 0 Å². The quantitative estimate of drug-likeness (QED) is 0.816. The standard InChI is InChI=1S/C20H31N3O4/c1-14-9-23(10-15(2)27-14)20(3,4)13-21-19(25)16-8-18(24)22(11-16)12-17-6-5-7-26-17/h5-7,14-16H,8-13H2,1-4H3,(H,21,25)/t14-,15+,16-/m1/s1. The maximum Gasteiger partial charge on any atom is 0.225 e. The molecule has 1 N–H and O–H groups in total. The Hall–Kier alpha value is -1.86. The number of hydrogen-bond acceptors (Lipinski definition) is 5. The van der Waals surface area contributed by atoms with Crippen LogP contribution in [0.1, 0.15) is 39.9 Å². The summed E-state index contributed by atoms with van der Waals surface area (Å²) in [5, 5.41) is 3.07. The Labute approximate surface area is 161 Å². The molecule has 2 fully saturated rings. The fourth-order valence-corrected chi connectivity index (χ4v) is 3.92. The van der Waals surface area contributed by atoms with Crippen molar-refractivity contribution in [1.82, 2.24) is 15.1 Å². The average molecular weight is 377 g/mol. The van der Waals surface area contributed by atoms with Gasteiger partial charge in [0.05, 0.1) is 30.9 Å². The second-order valence-corrected chi connectivity index (χ2v) is 8.45. The van der Waals surface area contributed by atoms with Crippen molar-refractivity contribution in [3.05, 3.63) is 24.2 Å². The number of rotatable bonds is 6. The lowest BCUT2D eigenvalue weighted by Crippen LogP contribution is -2.59. The molecule has 0 aromatic carbocycles. The zero-order valence-corrected chi connectivity index (χ0v) is 16.7. The molecule has 2 aliphatic heterocycles. The number of furan rings is 1. The molecule has 150 valence electrons. The molecule has 7 heteroatoms. The van der Waals surface area contributed by atoms with E-state index >= 15 is 0 Å². The van der Waals surface area contributed by atoms with Crippen LogP contribution in [0.2, 0.25) is 0 Å². The lowest BCUT2D eigenvalue weighted by molar-refractivity contribution is -0.129. The summed E-state index contributed by atoms with van der Waals surface area (Å²) in [6, 6.07) is 3.64. The number of nitrogens with zero attached hydrogens (tertiary/aromatic N) is 2. The lowest BCUT2D eigenvalue weighted by atomic mass is 9.99. The van der Waals surface area contributed by atoms with Gasteiger partial charge in [-0.3, -0.25) is 14.5 Å². The summed E-state index contributed by atoms with van der Waals surface area (Å²) < 4.78 is 11.1. The summed E-state index contributed by atoms with van der Waals surface area (Å²) in [4.78, 5) is 28.9. The Kier molecular flexibility index (Phi) is 5.91. The van der Waals surface area contributed by atoms with Crippen LogP contribution in [0.3, 0.4) is 0 Å². The number of amides is 2. The zero-order chi connectivity index (χ0) is 19.6. The van der Waals surface area contributed by atoms with Crippen LogP contribution in [0, 0.1) is 5.92 Å². The third-order valence-electron chi connectivity index (χ3n) is 5.48. The molecule has 0 radical (unpaired) electrons. The second-order valence-electron chi connectivity index (χ2n) is 8.45. The normalized spacial score (nSPS) is 27.2. The molecule has 0 bridgehead atoms. The molecule has 1 aromatic heterocycles. The monoisotopic (exact) mass is 377 g/mol. The second kappa shape index (κ2) is 8.02. The van der Waals surface area contributed by atoms with Gasteiger partial charge in [-0.15, -0.1) is 0 Å². The van der Waals surface area contributed by atoms with E-state index in [9.17, 15) is 9.59 Å². The van der Waals surface area contributed by atoms with Gasteiger partial charge in [0.25, 0.3) is 0 Å². The molecule has 3 atom stereocenters. The number of ether oxygens (including phenoxy) is 1. The van der Waals surface area contributed by atoms with Crippen molar-refractivity contribution in [2.45, 2.75) is 58.4 Å². The first kappa shape index (κ1) is 19.9. The topological polar surface area (TPSA) is 75.0 Å². The molecule has 0 unspecified atom stereocenters. The van der Waals surface area contributed by atoms with E-state index in [2.05, 4.69) is 37.9 Å². The first-order valence-corrected chi connectivity index (χ1v) is 9.73. The van der Waals surface area contributed by atoms with E-state index in [4.69, 9.17) is 9.15 Å². The van der Waals surface area contributed by atoms with E-state index in [1.807, 2.05) is 6.07 Å². The summed E-state index contributed by atoms with van der Waals surface area (Å²) in [7, 11) is 0. The Morgan fingerprint density at radius 1 is 1.26 bits per heavy atom. The molecule has 0 saturated carbocycles. The predicted octanol–water partition coefficient (Wildman–Crippen LogP) is 1.63. The van der Waals surface area contributed by atoms with E-state index in [1.54, 1.807) is 17.2 Å². The van der Waals surface area contributed by atoms with Crippen LogP contribution in [0.15, 0.2) is 22.8 Å². The van der Waals surface area contributed by atoms with Gasteiger partial charge in [0, 0.05) is 38.1 Å². The van der Waals surface area contributed by atoms with Crippen molar-refractivity contribution in [2.24, 2.45) is 5.92 Å². The van der Waals surface area contributed by atoms with Crippen LogP contribution < -0.4 is 5.32 Å². The molecular weight excluding hydrogens is 346 g/mol. The maximum atomic E-state index is 12.6. The molecule has 2 aliphatic rings. The van der Waals surface area contributed by atoms with E-state index in [-0.39, 0.29) is 41.9 Å². The molecule has 3 rings (SSSR count). The number of likely N-dealkylation sites (tertiary alicyclic amines) is 1. The maximum absolute atomic E-state index is 12.6. The minimum absolute atomic E-state index is 0.00152. The molecule has 0 aliphatic carbocycles. The predicted molar refractivity (Wildman–Crippen MR) is 101 cm³/mol. The van der Waals surface area contributed by atoms with Crippen LogP contribution in [0.25, 0.3) is 0 Å². The van der Waals surface area contributed by atoms with Gasteiger partial charge in [0.15, 0.2) is 0 Å². The van der Waals surface area contributed by atoms with E-state index < -0.39 is 0 Å². The molecule has 27 heavy (non-hydrogen) atoms. The van der Waals surface area contributed by atoms with E-state index in [0.717, 1.165) is 18.8 Å². The zero-order valence-electron chi connectivity index (χ0n) is 16.7. The molecule has 3 heterocycles. The summed E-state index contributed by atoms with van der Waals surface area (Å²) in [5.74, 6) is 0.390. The summed E-state index contributed by atoms with van der Waals surface area (Å²) in [5.41, 5.74) is -0.168. The van der Waals surface area contributed by atoms with E-state index in [1.165, 1.54) is 0 Å². The Balaban J connectivity index is 1.50. The molecule has 2 saturated heterocycles. The van der Waals surface area contributed by atoms with Crippen LogP contribution in [0.5, 0.6) is 0 Å². The van der Waals surface area contributed by atoms with Crippen molar-refractivity contribution >= 4 is 11.8 Å². The first-order chi connectivity index (χ1) is 12.7. The van der Waals surface area contributed by atoms with Crippen LogP contribution in [-0.4, -0.2) is 65.5 Å². The summed E-state index contributed by atoms with van der Waals surface area (Å²) in [6.45, 7) is 11.6. The minimum atomic E-state index is -0.300. The van der Waals surface area contributed by atoms with Crippen LogP contribution in [-0.2, 0) is 20.9 Å². The average Bonchev–Trinajstić information content (AvgIpc) is 3.23. The van der Waals surface area contributed by atoms with Crippen molar-refractivity contribution in [2.75, 3.05) is 26.2 Å². The summed E-state index contributed by atoms with van der Waals surface area (Å²) >= 11 is 0. The van der Waals surface area contributed by atoms with Gasteiger partial charge < -0.3 is 19.4 Å². The highest BCUT2D eigenvalue weighted by Crippen LogP contribution is 2.23. The number of carbonyl (C=O) groups excluding carboxylic acids is 2. The summed E-state index contributed by atoms with van der Waals surface area (Å²) in [6.07, 6.45) is 2.23. The van der Waals surface area contributed by atoms with Gasteiger partial charge in [-0.05, 0) is 39.8 Å². The number of nitrogens with one attached hydrogen (secondary N) is 1. The van der Waals surface area contributed by atoms with Gasteiger partial charge in [-0.1, -0.05) is 0 Å². The largest absolute Gasteiger partial charge is 0.467 e. The third kappa shape index (κ3) is 4.90. The van der Waals surface area contributed by atoms with Gasteiger partial charge in [-0.2, -0.15) is 0 Å². The highest BCUT2D eigenvalue weighted by atomic mass is 16.5. The van der Waals surface area contributed by atoms with Crippen molar-refractivity contribution < 1.29 is 18.7 Å². The van der Waals surface area contributed by atoms with Crippen molar-refractivity contribution in [1.29, 1.82) is 0 Å². The molecule has 1 aromatic rings. The van der Waals surface area contributed by atoms with Gasteiger partial charge in [0.2, 0.25) is 11.8 Å². The minimum Gasteiger partial charge on any atom is -0.467 e. The van der Waals surface area contributed by atoms with Gasteiger partial charge in [-0.25, -0.2) is 0 Å². The van der Waals surface area contributed by atoms with Gasteiger partial charge in [0.1, 0.15) is 5.76 Å². The lowest BCUT2D eigenvalue weighted by Gasteiger charge is -2.45. The van der Waals surface area contributed by atoms with Crippen LogP contribution in [0.4, 0.5) is 0 Å². The Bertz CT molecular complexity index is 648. The van der Waals surface area contributed by atoms with E-state index in [0.29, 0.717) is 19.6 Å². The fourth-order valence-electron chi connectivity index (χ4n) is 3.92. The van der Waals surface area contributed by atoms with Crippen molar-refractivity contribution in [3.8, 4) is 0 Å². The molecular formula is C20H31N3O4. The highest BCUT2D eigenvalue weighted by molar-refractivity contribution is 5.89. The highest BCUT2D eigenvalue weighted by Gasteiger charge is 2.37. The molecule has 7 nitrogen and oxygen atoms in total. The number of morpholine rings is 1. The molecule has 2 amide bonds. The SMILES string of the molecule is C[C@@H]1CN(C(C)(C)CNC(=O)[C@@H]2CC(=O)N(Cc3ccco3)C2)C[C@H](C)O1. The van der Waals surface area contributed by atoms with Gasteiger partial charge >= 0.3 is 0 Å². The number of hydrogen-bond donors (Lipinski definition) is 1. The third-order valence-corrected chi connectivity index (χ3v) is 5.48.